The number of amides is 2. The second-order valence-electron chi connectivity index (χ2n) is 13.8. The minimum Gasteiger partial charge on any atom is -0.550 e. The first kappa shape index (κ1) is 62.9. The molecule has 0 radical (unpaired) electrons. The minimum absolute atomic E-state index is 0. The van der Waals surface area contributed by atoms with E-state index in [9.17, 15) is 24.6 Å². The number of ether oxygens (including phenoxy) is 1. The fourth-order valence-corrected chi connectivity index (χ4v) is 2.43. The van der Waals surface area contributed by atoms with Gasteiger partial charge in [-0.25, -0.2) is 0 Å². The highest BCUT2D eigenvalue weighted by atomic mass is 16.6. The van der Waals surface area contributed by atoms with Gasteiger partial charge in [0.1, 0.15) is 25.3 Å². The summed E-state index contributed by atoms with van der Waals surface area (Å²) in [4.78, 5) is 31.4. The maximum absolute atomic E-state index is 11.4. The van der Waals surface area contributed by atoms with E-state index in [2.05, 4.69) is 47.2 Å². The fourth-order valence-electron chi connectivity index (χ4n) is 2.43. The Morgan fingerprint density at radius 2 is 1.15 bits per heavy atom. The first-order valence-electron chi connectivity index (χ1n) is 15.7. The van der Waals surface area contributed by atoms with Crippen LogP contribution in [-0.4, -0.2) is 134 Å². The molecule has 14 nitrogen and oxygen atoms in total. The van der Waals surface area contributed by atoms with Gasteiger partial charge in [0.25, 0.3) is 0 Å². The van der Waals surface area contributed by atoms with Gasteiger partial charge in [0.15, 0.2) is 0 Å². The molecule has 1 saturated heterocycles. The fraction of sp³-hybridized carbons (Fsp3) is 0.906. The Balaban J connectivity index is -0.0000000676. The predicted octanol–water partition coefficient (Wildman–Crippen LogP) is -0.639. The molecule has 1 fully saturated rings. The first-order chi connectivity index (χ1) is 19.0. The quantitative estimate of drug-likeness (QED) is 0.168. The van der Waals surface area contributed by atoms with Gasteiger partial charge in [0.05, 0.1) is 48.9 Å². The third kappa shape index (κ3) is 54.6. The van der Waals surface area contributed by atoms with E-state index < -0.39 is 12.1 Å². The van der Waals surface area contributed by atoms with E-state index in [4.69, 9.17) is 10.5 Å². The molecule has 0 aromatic carbocycles. The van der Waals surface area contributed by atoms with Crippen molar-refractivity contribution in [2.45, 2.75) is 100 Å². The van der Waals surface area contributed by atoms with E-state index in [0.717, 1.165) is 36.4 Å². The van der Waals surface area contributed by atoms with E-state index in [-0.39, 0.29) is 51.5 Å². The van der Waals surface area contributed by atoms with Crippen LogP contribution >= 0.6 is 0 Å². The highest BCUT2D eigenvalue weighted by Gasteiger charge is 2.28. The van der Waals surface area contributed by atoms with E-state index >= 15 is 0 Å². The number of quaternary nitrogens is 2. The average molecular weight is 680 g/mol. The highest BCUT2D eigenvalue weighted by molar-refractivity contribution is 5.78. The molecule has 2 amide bonds. The van der Waals surface area contributed by atoms with Crippen LogP contribution in [0.4, 0.5) is 0 Å². The van der Waals surface area contributed by atoms with Crippen LogP contribution in [0.1, 0.15) is 88.0 Å². The molecule has 286 valence electrons. The average Bonchev–Trinajstić information content (AvgIpc) is 3.68. The molecule has 1 aliphatic heterocycles. The Morgan fingerprint density at radius 3 is 1.30 bits per heavy atom. The highest BCUT2D eigenvalue weighted by Crippen LogP contribution is 2.11. The topological polar surface area (TPSA) is 271 Å². The van der Waals surface area contributed by atoms with E-state index in [1.165, 1.54) is 6.42 Å². The Kier molecular flexibility index (Phi) is 47.0. The first-order valence-corrected chi connectivity index (χ1v) is 15.7. The predicted molar refractivity (Wildman–Crippen MR) is 187 cm³/mol. The number of hydrogen-bond donors (Lipinski definition) is 3. The zero-order chi connectivity index (χ0) is 34.3. The number of likely N-dealkylation sites (N-methyl/N-ethyl adjacent to an activating group) is 2. The van der Waals surface area contributed by atoms with Crippen LogP contribution in [0.15, 0.2) is 0 Å². The van der Waals surface area contributed by atoms with Crippen molar-refractivity contribution in [3.8, 4) is 0 Å². The monoisotopic (exact) mass is 680 g/mol. The van der Waals surface area contributed by atoms with Crippen molar-refractivity contribution in [3.63, 3.8) is 0 Å². The molecular weight excluding hydrogens is 600 g/mol. The molecule has 12 N–H and O–H groups in total. The molecule has 14 heteroatoms. The molecule has 1 heterocycles. The van der Waals surface area contributed by atoms with Gasteiger partial charge in [0, 0.05) is 24.3 Å². The van der Waals surface area contributed by atoms with Gasteiger partial charge in [-0.15, -0.1) is 0 Å². The Bertz CT molecular complexity index is 675. The van der Waals surface area contributed by atoms with Crippen molar-refractivity contribution in [3.05, 3.63) is 0 Å². The molecular formula is C32H79N4O10+. The van der Waals surface area contributed by atoms with Gasteiger partial charge < -0.3 is 61.7 Å². The Morgan fingerprint density at radius 1 is 0.783 bits per heavy atom. The zero-order valence-corrected chi connectivity index (χ0v) is 32.1. The number of hydrogen-bond acceptors (Lipinski definition) is 6. The van der Waals surface area contributed by atoms with Crippen LogP contribution in [0.25, 0.3) is 0 Å². The number of carboxylic acids is 1. The zero-order valence-electron chi connectivity index (χ0n) is 32.1. The van der Waals surface area contributed by atoms with Crippen LogP contribution < -0.4 is 16.2 Å². The number of nitrogens with two attached hydrogens (primary N) is 1. The maximum Gasteiger partial charge on any atom is 0.222 e. The standard InChI is InChI=1S/C11H24N2O2.C6H14NO.C5H11NO.C5H10O2.C5H12.4H2O/c1-6-9(2)11(15)12-7-10(14)8-13(3,4)5;1-7(2,3)4-6-5-8-6;2*1-3-4(2)5(6)7;1-4-5(2)3;;;;/h9-10,14H,6-8H2,1-5H3;6H,4-5H2,1-3H3;4H,3H2,1-2H3,(H2,6,7);4H,3H2,1-2H3,(H,6,7);5H,4H2,1-3H3;4*1H2/q;+1;;;;;;;. The molecule has 0 spiro atoms. The molecule has 0 saturated carbocycles. The third-order valence-corrected chi connectivity index (χ3v) is 6.41. The normalized spacial score (nSPS) is 15.2. The number of primary amides is 1. The summed E-state index contributed by atoms with van der Waals surface area (Å²) in [5.41, 5.74) is 4.91. The number of nitrogens with zero attached hydrogens (tertiary/aromatic N) is 2. The largest absolute Gasteiger partial charge is 0.550 e. The van der Waals surface area contributed by atoms with Gasteiger partial charge in [-0.1, -0.05) is 68.7 Å². The minimum atomic E-state index is -0.956. The SMILES string of the molecule is CCC(C)C.CCC(C)C(=O)NCC(O)C[N+](C)(C)C.CCC(C)C(=O)[O-].CCC(C)C(N)=O.C[N+](C)(C)CC1CO1.O.O.O.O. The van der Waals surface area contributed by atoms with Crippen molar-refractivity contribution in [1.82, 2.24) is 5.32 Å². The molecule has 0 aromatic rings. The molecule has 1 rings (SSSR count). The van der Waals surface area contributed by atoms with Gasteiger partial charge in [-0.3, -0.25) is 9.59 Å². The summed E-state index contributed by atoms with van der Waals surface area (Å²) >= 11 is 0. The Labute approximate surface area is 281 Å². The second-order valence-corrected chi connectivity index (χ2v) is 13.8. The summed E-state index contributed by atoms with van der Waals surface area (Å²) in [6.45, 7) is 20.8. The van der Waals surface area contributed by atoms with Crippen LogP contribution in [0, 0.1) is 23.7 Å². The molecule has 0 bridgehead atoms. The van der Waals surface area contributed by atoms with Crippen molar-refractivity contribution < 1.29 is 60.2 Å². The molecule has 46 heavy (non-hydrogen) atoms. The van der Waals surface area contributed by atoms with Crippen molar-refractivity contribution >= 4 is 17.8 Å². The molecule has 5 unspecified atom stereocenters. The number of aliphatic hydroxyl groups is 1. The van der Waals surface area contributed by atoms with Crippen LogP contribution in [0.2, 0.25) is 0 Å². The molecule has 5 atom stereocenters. The summed E-state index contributed by atoms with van der Waals surface area (Å²) < 4.78 is 6.78. The van der Waals surface area contributed by atoms with Crippen molar-refractivity contribution in [2.75, 3.05) is 68.5 Å². The number of carbonyl (C=O) groups is 3. The number of aliphatic hydroxyl groups excluding tert-OH is 1. The van der Waals surface area contributed by atoms with E-state index in [0.29, 0.717) is 30.1 Å². The second kappa shape index (κ2) is 34.4. The van der Waals surface area contributed by atoms with Gasteiger partial charge >= 0.3 is 0 Å². The molecule has 1 aliphatic rings. The smallest absolute Gasteiger partial charge is 0.222 e. The number of carboxylic acid groups (broad SMARTS) is 1. The molecule has 0 aliphatic carbocycles. The Hall–Kier alpha value is -1.91. The van der Waals surface area contributed by atoms with Gasteiger partial charge in [-0.2, -0.15) is 0 Å². The number of aliphatic carboxylic acids is 1. The van der Waals surface area contributed by atoms with Crippen LogP contribution in [0.3, 0.4) is 0 Å². The summed E-state index contributed by atoms with van der Waals surface area (Å²) in [6, 6.07) is 0. The number of rotatable bonds is 13. The number of carbonyl (C=O) groups excluding carboxylic acids is 3. The third-order valence-electron chi connectivity index (χ3n) is 6.41. The van der Waals surface area contributed by atoms with Crippen molar-refractivity contribution in [1.29, 1.82) is 0 Å². The van der Waals surface area contributed by atoms with Gasteiger partial charge in [-0.05, 0) is 31.1 Å². The summed E-state index contributed by atoms with van der Waals surface area (Å²) in [6.07, 6.45) is 3.72. The molecule has 0 aromatic heterocycles. The van der Waals surface area contributed by atoms with E-state index in [1.807, 2.05) is 55.8 Å². The van der Waals surface area contributed by atoms with E-state index in [1.54, 1.807) is 6.92 Å². The van der Waals surface area contributed by atoms with Gasteiger partial charge in [0.2, 0.25) is 11.8 Å². The maximum atomic E-state index is 11.4. The lowest BCUT2D eigenvalue weighted by atomic mass is 10.1. The van der Waals surface area contributed by atoms with Crippen LogP contribution in [-0.2, 0) is 19.1 Å². The lowest BCUT2D eigenvalue weighted by molar-refractivity contribution is -0.873. The summed E-state index contributed by atoms with van der Waals surface area (Å²) in [7, 11) is 12.6. The number of epoxide rings is 1. The lowest BCUT2D eigenvalue weighted by Gasteiger charge is -2.27. The summed E-state index contributed by atoms with van der Waals surface area (Å²) in [5, 5.41) is 22.2. The van der Waals surface area contributed by atoms with Crippen molar-refractivity contribution in [2.24, 2.45) is 29.4 Å². The van der Waals surface area contributed by atoms with Crippen LogP contribution in [0.5, 0.6) is 0 Å². The summed E-state index contributed by atoms with van der Waals surface area (Å²) in [5.74, 6) is -0.473. The number of nitrogens with one attached hydrogen (secondary N) is 1. The lowest BCUT2D eigenvalue weighted by Crippen LogP contribution is -2.46.